The fraction of sp³-hybridized carbons (Fsp3) is 0.286. The van der Waals surface area contributed by atoms with E-state index in [0.717, 1.165) is 0 Å². The number of nitrogens with zero attached hydrogens (tertiary/aromatic N) is 1. The summed E-state index contributed by atoms with van der Waals surface area (Å²) in [6.07, 6.45) is -0.949. The zero-order valence-electron chi connectivity index (χ0n) is 11.6. The molecule has 0 unspecified atom stereocenters. The molecule has 0 aliphatic carbocycles. The van der Waals surface area contributed by atoms with Gasteiger partial charge in [0.15, 0.2) is 5.82 Å². The lowest BCUT2D eigenvalue weighted by molar-refractivity contribution is 0.139. The second kappa shape index (κ2) is 6.36. The minimum absolute atomic E-state index is 0.286. The number of hydrogen-bond donors (Lipinski definition) is 3. The number of amides is 2. The Balaban J connectivity index is 1.92. The first-order valence-corrected chi connectivity index (χ1v) is 6.40. The SMILES string of the molecule is Cc1cc(NC(=O)N[C@@H](C)[C@@H](O)c2ccc(F)cc2)no1. The number of aryl methyl sites for hydroxylation is 1. The molecule has 0 radical (unpaired) electrons. The Hall–Kier alpha value is -2.41. The van der Waals surface area contributed by atoms with Crippen LogP contribution in [0.3, 0.4) is 0 Å². The largest absolute Gasteiger partial charge is 0.386 e. The van der Waals surface area contributed by atoms with Gasteiger partial charge >= 0.3 is 6.03 Å². The number of carbonyl (C=O) groups is 1. The number of carbonyl (C=O) groups excluding carboxylic acids is 1. The van der Waals surface area contributed by atoms with Crippen LogP contribution >= 0.6 is 0 Å². The van der Waals surface area contributed by atoms with E-state index in [-0.39, 0.29) is 11.6 Å². The standard InChI is InChI=1S/C14H16FN3O3/c1-8-7-12(18-21-8)17-14(20)16-9(2)13(19)10-3-5-11(15)6-4-10/h3-7,9,13,19H,1-2H3,(H2,16,17,18,20)/t9-,13+/m0/s1. The Kier molecular flexibility index (Phi) is 4.54. The fourth-order valence-corrected chi connectivity index (χ4v) is 1.81. The van der Waals surface area contributed by atoms with Gasteiger partial charge in [-0.05, 0) is 31.5 Å². The molecule has 6 nitrogen and oxygen atoms in total. The van der Waals surface area contributed by atoms with Crippen LogP contribution in [0.25, 0.3) is 0 Å². The van der Waals surface area contributed by atoms with E-state index in [2.05, 4.69) is 15.8 Å². The van der Waals surface area contributed by atoms with Gasteiger partial charge in [-0.15, -0.1) is 0 Å². The summed E-state index contributed by atoms with van der Waals surface area (Å²) in [6.45, 7) is 3.35. The molecule has 21 heavy (non-hydrogen) atoms. The van der Waals surface area contributed by atoms with E-state index < -0.39 is 18.2 Å². The molecule has 2 aromatic rings. The molecule has 0 saturated heterocycles. The summed E-state index contributed by atoms with van der Waals surface area (Å²) in [5.41, 5.74) is 0.515. The topological polar surface area (TPSA) is 87.4 Å². The van der Waals surface area contributed by atoms with Crippen LogP contribution in [0.15, 0.2) is 34.9 Å². The second-order valence-corrected chi connectivity index (χ2v) is 4.71. The van der Waals surface area contributed by atoms with Gasteiger partial charge in [0.25, 0.3) is 0 Å². The van der Waals surface area contributed by atoms with Crippen LogP contribution in [0.5, 0.6) is 0 Å². The van der Waals surface area contributed by atoms with Gasteiger partial charge in [-0.1, -0.05) is 17.3 Å². The molecule has 0 aliphatic heterocycles. The number of nitrogens with one attached hydrogen (secondary N) is 2. The summed E-state index contributed by atoms with van der Waals surface area (Å²) in [7, 11) is 0. The van der Waals surface area contributed by atoms with Crippen LogP contribution in [0.4, 0.5) is 15.0 Å². The lowest BCUT2D eigenvalue weighted by Crippen LogP contribution is -2.39. The molecular weight excluding hydrogens is 277 g/mol. The molecule has 2 atom stereocenters. The van der Waals surface area contributed by atoms with Crippen molar-refractivity contribution in [3.05, 3.63) is 47.5 Å². The average molecular weight is 293 g/mol. The minimum Gasteiger partial charge on any atom is -0.386 e. The minimum atomic E-state index is -0.949. The van der Waals surface area contributed by atoms with Crippen molar-refractivity contribution in [3.8, 4) is 0 Å². The molecule has 0 aliphatic rings. The first kappa shape index (κ1) is 15.0. The summed E-state index contributed by atoms with van der Waals surface area (Å²) in [5.74, 6) is 0.476. The number of urea groups is 1. The van der Waals surface area contributed by atoms with Crippen molar-refractivity contribution < 1.29 is 18.8 Å². The summed E-state index contributed by atoms with van der Waals surface area (Å²) < 4.78 is 17.6. The summed E-state index contributed by atoms with van der Waals surface area (Å²) in [6, 6.07) is 5.93. The van der Waals surface area contributed by atoms with Gasteiger partial charge in [-0.25, -0.2) is 9.18 Å². The van der Waals surface area contributed by atoms with E-state index in [4.69, 9.17) is 4.52 Å². The zero-order chi connectivity index (χ0) is 15.4. The van der Waals surface area contributed by atoms with E-state index >= 15 is 0 Å². The molecule has 2 rings (SSSR count). The third-order valence-corrected chi connectivity index (χ3v) is 2.91. The van der Waals surface area contributed by atoms with Crippen molar-refractivity contribution in [2.24, 2.45) is 0 Å². The molecule has 0 saturated carbocycles. The zero-order valence-corrected chi connectivity index (χ0v) is 11.6. The fourth-order valence-electron chi connectivity index (χ4n) is 1.81. The average Bonchev–Trinajstić information content (AvgIpc) is 2.83. The highest BCUT2D eigenvalue weighted by atomic mass is 19.1. The van der Waals surface area contributed by atoms with E-state index in [9.17, 15) is 14.3 Å². The first-order chi connectivity index (χ1) is 9.95. The Bertz CT molecular complexity index is 612. The third kappa shape index (κ3) is 4.03. The van der Waals surface area contributed by atoms with Crippen molar-refractivity contribution in [2.45, 2.75) is 26.0 Å². The van der Waals surface area contributed by atoms with Gasteiger partial charge in [-0.3, -0.25) is 5.32 Å². The van der Waals surface area contributed by atoms with Crippen LogP contribution in [0.2, 0.25) is 0 Å². The Morgan fingerprint density at radius 1 is 1.38 bits per heavy atom. The van der Waals surface area contributed by atoms with Crippen molar-refractivity contribution >= 4 is 11.8 Å². The lowest BCUT2D eigenvalue weighted by atomic mass is 10.0. The van der Waals surface area contributed by atoms with Crippen LogP contribution in [-0.2, 0) is 0 Å². The van der Waals surface area contributed by atoms with Crippen LogP contribution in [0.1, 0.15) is 24.4 Å². The van der Waals surface area contributed by atoms with Crippen LogP contribution in [-0.4, -0.2) is 22.3 Å². The van der Waals surface area contributed by atoms with Crippen LogP contribution in [0, 0.1) is 12.7 Å². The normalized spacial score (nSPS) is 13.5. The van der Waals surface area contributed by atoms with Gasteiger partial charge in [0.05, 0.1) is 12.1 Å². The van der Waals surface area contributed by atoms with E-state index in [0.29, 0.717) is 11.3 Å². The summed E-state index contributed by atoms with van der Waals surface area (Å²) in [4.78, 5) is 11.7. The molecule has 112 valence electrons. The highest BCUT2D eigenvalue weighted by molar-refractivity contribution is 5.88. The number of halogens is 1. The molecule has 7 heteroatoms. The van der Waals surface area contributed by atoms with Gasteiger partial charge in [0.1, 0.15) is 11.6 Å². The van der Waals surface area contributed by atoms with Crippen molar-refractivity contribution in [2.75, 3.05) is 5.32 Å². The molecule has 0 bridgehead atoms. The van der Waals surface area contributed by atoms with Gasteiger partial charge in [-0.2, -0.15) is 0 Å². The number of anilines is 1. The Labute approximate surface area is 120 Å². The predicted molar refractivity (Wildman–Crippen MR) is 74.2 cm³/mol. The highest BCUT2D eigenvalue weighted by Crippen LogP contribution is 2.17. The molecular formula is C14H16FN3O3. The maximum absolute atomic E-state index is 12.8. The quantitative estimate of drug-likeness (QED) is 0.807. The number of rotatable bonds is 4. The maximum atomic E-state index is 12.8. The van der Waals surface area contributed by atoms with E-state index in [1.165, 1.54) is 24.3 Å². The molecule has 1 aromatic carbocycles. The lowest BCUT2D eigenvalue weighted by Gasteiger charge is -2.20. The van der Waals surface area contributed by atoms with Crippen LogP contribution < -0.4 is 10.6 Å². The Morgan fingerprint density at radius 3 is 2.62 bits per heavy atom. The van der Waals surface area contributed by atoms with Gasteiger partial charge in [0.2, 0.25) is 0 Å². The molecule has 0 fully saturated rings. The number of benzene rings is 1. The number of hydrogen-bond acceptors (Lipinski definition) is 4. The van der Waals surface area contributed by atoms with Crippen molar-refractivity contribution in [1.82, 2.24) is 10.5 Å². The van der Waals surface area contributed by atoms with E-state index in [1.54, 1.807) is 19.9 Å². The van der Waals surface area contributed by atoms with Crippen molar-refractivity contribution in [3.63, 3.8) is 0 Å². The highest BCUT2D eigenvalue weighted by Gasteiger charge is 2.19. The third-order valence-electron chi connectivity index (χ3n) is 2.91. The number of aliphatic hydroxyl groups excluding tert-OH is 1. The van der Waals surface area contributed by atoms with E-state index in [1.807, 2.05) is 0 Å². The maximum Gasteiger partial charge on any atom is 0.320 e. The predicted octanol–water partition coefficient (Wildman–Crippen LogP) is 2.37. The molecule has 2 amide bonds. The molecule has 0 spiro atoms. The first-order valence-electron chi connectivity index (χ1n) is 6.40. The second-order valence-electron chi connectivity index (χ2n) is 4.71. The molecule has 3 N–H and O–H groups in total. The molecule has 1 heterocycles. The molecule has 1 aromatic heterocycles. The number of aromatic nitrogens is 1. The smallest absolute Gasteiger partial charge is 0.320 e. The number of aliphatic hydroxyl groups is 1. The van der Waals surface area contributed by atoms with Gasteiger partial charge < -0.3 is 14.9 Å². The van der Waals surface area contributed by atoms with Crippen molar-refractivity contribution in [1.29, 1.82) is 0 Å². The summed E-state index contributed by atoms with van der Waals surface area (Å²) >= 11 is 0. The monoisotopic (exact) mass is 293 g/mol. The Morgan fingerprint density at radius 2 is 2.05 bits per heavy atom. The van der Waals surface area contributed by atoms with Gasteiger partial charge in [0, 0.05) is 6.07 Å². The summed E-state index contributed by atoms with van der Waals surface area (Å²) in [5, 5.41) is 18.8.